The molecule has 0 aliphatic carbocycles. The molecule has 0 bridgehead atoms. The molecule has 4 aromatic rings. The van der Waals surface area contributed by atoms with E-state index >= 15 is 0 Å². The maximum Gasteiger partial charge on any atom is 0.259 e. The number of benzene rings is 3. The summed E-state index contributed by atoms with van der Waals surface area (Å²) in [5.41, 5.74) is 3.73. The van der Waals surface area contributed by atoms with Crippen LogP contribution in [0.2, 0.25) is 0 Å². The Balaban J connectivity index is 1.48. The first-order valence-electron chi connectivity index (χ1n) is 10.4. The molecular formula is C26H25N3O3. The summed E-state index contributed by atoms with van der Waals surface area (Å²) in [6, 6.07) is 27.2. The fourth-order valence-corrected chi connectivity index (χ4v) is 3.48. The minimum Gasteiger partial charge on any atom is -0.484 e. The Morgan fingerprint density at radius 1 is 0.906 bits per heavy atom. The SMILES string of the molecule is CN(C)C(=O)COc1ccc(NC(=O)Cn2c(-c3ccccc3)cc3ccccc32)cc1. The highest BCUT2D eigenvalue weighted by Gasteiger charge is 2.14. The molecule has 32 heavy (non-hydrogen) atoms. The maximum atomic E-state index is 12.9. The molecule has 0 unspecified atom stereocenters. The van der Waals surface area contributed by atoms with Gasteiger partial charge in [0, 0.05) is 36.4 Å². The lowest BCUT2D eigenvalue weighted by Crippen LogP contribution is -2.27. The third-order valence-corrected chi connectivity index (χ3v) is 5.18. The van der Waals surface area contributed by atoms with Crippen LogP contribution < -0.4 is 10.1 Å². The second kappa shape index (κ2) is 9.39. The van der Waals surface area contributed by atoms with Crippen molar-refractivity contribution >= 4 is 28.4 Å². The minimum atomic E-state index is -0.125. The first-order chi connectivity index (χ1) is 15.5. The molecule has 6 heteroatoms. The van der Waals surface area contributed by atoms with Crippen LogP contribution in [-0.2, 0) is 16.1 Å². The average Bonchev–Trinajstić information content (AvgIpc) is 3.17. The van der Waals surface area contributed by atoms with Crippen molar-refractivity contribution in [2.45, 2.75) is 6.54 Å². The minimum absolute atomic E-state index is 0.0261. The molecule has 1 heterocycles. The molecule has 0 aliphatic heterocycles. The topological polar surface area (TPSA) is 63.6 Å². The van der Waals surface area contributed by atoms with Crippen molar-refractivity contribution in [1.82, 2.24) is 9.47 Å². The number of ether oxygens (including phenoxy) is 1. The van der Waals surface area contributed by atoms with Crippen molar-refractivity contribution in [2.24, 2.45) is 0 Å². The van der Waals surface area contributed by atoms with E-state index in [1.54, 1.807) is 38.4 Å². The molecule has 2 amide bonds. The average molecular weight is 428 g/mol. The third kappa shape index (κ3) is 4.81. The van der Waals surface area contributed by atoms with Gasteiger partial charge in [-0.3, -0.25) is 9.59 Å². The van der Waals surface area contributed by atoms with Crippen molar-refractivity contribution in [3.63, 3.8) is 0 Å². The van der Waals surface area contributed by atoms with Gasteiger partial charge in [-0.15, -0.1) is 0 Å². The molecule has 6 nitrogen and oxygen atoms in total. The highest BCUT2D eigenvalue weighted by atomic mass is 16.5. The Kier molecular flexibility index (Phi) is 6.22. The number of nitrogens with zero attached hydrogens (tertiary/aromatic N) is 2. The molecular weight excluding hydrogens is 402 g/mol. The fraction of sp³-hybridized carbons (Fsp3) is 0.154. The van der Waals surface area contributed by atoms with Crippen molar-refractivity contribution in [3.05, 3.63) is 84.9 Å². The van der Waals surface area contributed by atoms with E-state index in [0.29, 0.717) is 11.4 Å². The van der Waals surface area contributed by atoms with E-state index in [1.165, 1.54) is 4.90 Å². The van der Waals surface area contributed by atoms with Gasteiger partial charge in [-0.05, 0) is 42.0 Å². The molecule has 0 aliphatic rings. The molecule has 162 valence electrons. The third-order valence-electron chi connectivity index (χ3n) is 5.18. The van der Waals surface area contributed by atoms with Crippen LogP contribution in [0.1, 0.15) is 0 Å². The number of likely N-dealkylation sites (N-methyl/N-ethyl adjacent to an activating group) is 1. The standard InChI is InChI=1S/C26H25N3O3/c1-28(2)26(31)18-32-22-14-12-21(13-15-22)27-25(30)17-29-23-11-7-6-10-20(23)16-24(29)19-8-4-3-5-9-19/h3-16H,17-18H2,1-2H3,(H,27,30). The number of para-hydroxylation sites is 1. The van der Waals surface area contributed by atoms with Crippen LogP contribution in [0.3, 0.4) is 0 Å². The molecule has 0 saturated carbocycles. The van der Waals surface area contributed by atoms with Gasteiger partial charge < -0.3 is 19.5 Å². The zero-order valence-corrected chi connectivity index (χ0v) is 18.1. The molecule has 1 aromatic heterocycles. The molecule has 0 saturated heterocycles. The lowest BCUT2D eigenvalue weighted by molar-refractivity contribution is -0.130. The largest absolute Gasteiger partial charge is 0.484 e. The van der Waals surface area contributed by atoms with Crippen LogP contribution in [0.5, 0.6) is 5.75 Å². The van der Waals surface area contributed by atoms with Crippen molar-refractivity contribution < 1.29 is 14.3 Å². The number of fused-ring (bicyclic) bond motifs is 1. The molecule has 0 radical (unpaired) electrons. The number of carbonyl (C=O) groups is 2. The molecule has 0 spiro atoms. The fourth-order valence-electron chi connectivity index (χ4n) is 3.48. The van der Waals surface area contributed by atoms with Gasteiger partial charge in [0.2, 0.25) is 5.91 Å². The van der Waals surface area contributed by atoms with Crippen LogP contribution in [0.25, 0.3) is 22.2 Å². The quantitative estimate of drug-likeness (QED) is 0.475. The maximum absolute atomic E-state index is 12.9. The molecule has 0 fully saturated rings. The predicted molar refractivity (Wildman–Crippen MR) is 127 cm³/mol. The summed E-state index contributed by atoms with van der Waals surface area (Å²) in [7, 11) is 3.36. The summed E-state index contributed by atoms with van der Waals surface area (Å²) >= 11 is 0. The molecule has 4 rings (SSSR count). The Bertz CT molecular complexity index is 1230. The first-order valence-corrected chi connectivity index (χ1v) is 10.4. The predicted octanol–water partition coefficient (Wildman–Crippen LogP) is 4.41. The number of aromatic nitrogens is 1. The van der Waals surface area contributed by atoms with E-state index in [-0.39, 0.29) is 25.0 Å². The Morgan fingerprint density at radius 3 is 2.31 bits per heavy atom. The van der Waals surface area contributed by atoms with Crippen LogP contribution in [0.4, 0.5) is 5.69 Å². The van der Waals surface area contributed by atoms with Crippen LogP contribution >= 0.6 is 0 Å². The highest BCUT2D eigenvalue weighted by molar-refractivity contribution is 5.94. The normalized spacial score (nSPS) is 10.7. The van der Waals surface area contributed by atoms with Gasteiger partial charge in [-0.2, -0.15) is 0 Å². The van der Waals surface area contributed by atoms with E-state index in [9.17, 15) is 9.59 Å². The Hall–Kier alpha value is -4.06. The van der Waals surface area contributed by atoms with E-state index in [4.69, 9.17) is 4.74 Å². The van der Waals surface area contributed by atoms with Crippen molar-refractivity contribution in [3.8, 4) is 17.0 Å². The smallest absolute Gasteiger partial charge is 0.259 e. The van der Waals surface area contributed by atoms with Gasteiger partial charge in [0.25, 0.3) is 5.91 Å². The van der Waals surface area contributed by atoms with Crippen LogP contribution in [0, 0.1) is 0 Å². The lowest BCUT2D eigenvalue weighted by atomic mass is 10.1. The second-order valence-electron chi connectivity index (χ2n) is 7.69. The summed E-state index contributed by atoms with van der Waals surface area (Å²) in [5, 5.41) is 4.03. The number of hydrogen-bond donors (Lipinski definition) is 1. The van der Waals surface area contributed by atoms with Crippen LogP contribution in [0.15, 0.2) is 84.9 Å². The van der Waals surface area contributed by atoms with Gasteiger partial charge in [0.1, 0.15) is 12.3 Å². The summed E-state index contributed by atoms with van der Waals surface area (Å²) in [6.45, 7) is 0.162. The Morgan fingerprint density at radius 2 is 1.59 bits per heavy atom. The van der Waals surface area contributed by atoms with E-state index in [2.05, 4.69) is 17.4 Å². The Labute approximate surface area is 187 Å². The van der Waals surface area contributed by atoms with E-state index < -0.39 is 0 Å². The van der Waals surface area contributed by atoms with Gasteiger partial charge in [-0.1, -0.05) is 48.5 Å². The molecule has 0 atom stereocenters. The second-order valence-corrected chi connectivity index (χ2v) is 7.69. The monoisotopic (exact) mass is 427 g/mol. The van der Waals surface area contributed by atoms with Gasteiger partial charge in [0.15, 0.2) is 6.61 Å². The van der Waals surface area contributed by atoms with Gasteiger partial charge in [0.05, 0.1) is 0 Å². The number of hydrogen-bond acceptors (Lipinski definition) is 3. The number of amides is 2. The lowest BCUT2D eigenvalue weighted by Gasteiger charge is -2.13. The zero-order chi connectivity index (χ0) is 22.5. The zero-order valence-electron chi connectivity index (χ0n) is 18.1. The van der Waals surface area contributed by atoms with Gasteiger partial charge >= 0.3 is 0 Å². The summed E-state index contributed by atoms with van der Waals surface area (Å²) < 4.78 is 7.51. The number of anilines is 1. The highest BCUT2D eigenvalue weighted by Crippen LogP contribution is 2.28. The van der Waals surface area contributed by atoms with E-state index in [1.807, 2.05) is 53.1 Å². The summed E-state index contributed by atoms with van der Waals surface area (Å²) in [4.78, 5) is 26.0. The molecule has 1 N–H and O–H groups in total. The number of carbonyl (C=O) groups excluding carboxylic acids is 2. The number of nitrogens with one attached hydrogen (secondary N) is 1. The van der Waals surface area contributed by atoms with E-state index in [0.717, 1.165) is 22.2 Å². The number of rotatable bonds is 7. The summed E-state index contributed by atoms with van der Waals surface area (Å²) in [6.07, 6.45) is 0. The first kappa shape index (κ1) is 21.2. The van der Waals surface area contributed by atoms with Crippen molar-refractivity contribution in [2.75, 3.05) is 26.0 Å². The summed E-state index contributed by atoms with van der Waals surface area (Å²) in [5.74, 6) is 0.330. The van der Waals surface area contributed by atoms with Gasteiger partial charge in [-0.25, -0.2) is 0 Å². The van der Waals surface area contributed by atoms with Crippen molar-refractivity contribution in [1.29, 1.82) is 0 Å². The van der Waals surface area contributed by atoms with Crippen LogP contribution in [-0.4, -0.2) is 42.0 Å². The molecule has 3 aromatic carbocycles.